The van der Waals surface area contributed by atoms with Crippen LogP contribution < -0.4 is 10.9 Å². The maximum absolute atomic E-state index is 11.6. The molecule has 0 aliphatic carbocycles. The van der Waals surface area contributed by atoms with E-state index in [1.807, 2.05) is 0 Å². The van der Waals surface area contributed by atoms with Crippen molar-refractivity contribution < 1.29 is 9.59 Å². The summed E-state index contributed by atoms with van der Waals surface area (Å²) >= 11 is 5.94. The lowest BCUT2D eigenvalue weighted by molar-refractivity contribution is -0.121. The van der Waals surface area contributed by atoms with Gasteiger partial charge in [-0.05, 0) is 23.8 Å². The molecule has 6 heteroatoms. The second-order valence-corrected chi connectivity index (χ2v) is 4.26. The van der Waals surface area contributed by atoms with Crippen molar-refractivity contribution in [3.8, 4) is 0 Å². The normalized spacial score (nSPS) is 9.95. The maximum Gasteiger partial charge on any atom is 0.286 e. The first-order valence-electron chi connectivity index (χ1n) is 5.63. The van der Waals surface area contributed by atoms with Gasteiger partial charge in [0.25, 0.3) is 5.91 Å². The van der Waals surface area contributed by atoms with Crippen LogP contribution in [0.5, 0.6) is 0 Å². The molecule has 2 aromatic rings. The van der Waals surface area contributed by atoms with Crippen LogP contribution in [0, 0.1) is 0 Å². The first-order valence-corrected chi connectivity index (χ1v) is 6.00. The molecule has 0 saturated carbocycles. The van der Waals surface area contributed by atoms with Crippen molar-refractivity contribution in [2.24, 2.45) is 0 Å². The fourth-order valence-corrected chi connectivity index (χ4v) is 1.73. The van der Waals surface area contributed by atoms with Crippen molar-refractivity contribution in [3.63, 3.8) is 0 Å². The molecule has 2 amide bonds. The SMILES string of the molecule is O=C(Cc1ccccc1Cl)NNC(=O)c1ccc[nH]1. The molecular formula is C13H12ClN3O2. The summed E-state index contributed by atoms with van der Waals surface area (Å²) in [6.45, 7) is 0. The second-order valence-electron chi connectivity index (χ2n) is 3.85. The smallest absolute Gasteiger partial charge is 0.286 e. The summed E-state index contributed by atoms with van der Waals surface area (Å²) in [7, 11) is 0. The highest BCUT2D eigenvalue weighted by atomic mass is 35.5. The first-order chi connectivity index (χ1) is 9.16. The molecule has 0 radical (unpaired) electrons. The fourth-order valence-electron chi connectivity index (χ4n) is 1.52. The van der Waals surface area contributed by atoms with E-state index < -0.39 is 5.91 Å². The molecule has 0 bridgehead atoms. The molecule has 1 heterocycles. The molecule has 98 valence electrons. The van der Waals surface area contributed by atoms with Crippen LogP contribution in [0.4, 0.5) is 0 Å². The predicted molar refractivity (Wildman–Crippen MR) is 71.6 cm³/mol. The van der Waals surface area contributed by atoms with E-state index >= 15 is 0 Å². The molecule has 0 fully saturated rings. The number of nitrogens with one attached hydrogen (secondary N) is 3. The summed E-state index contributed by atoms with van der Waals surface area (Å²) in [5.74, 6) is -0.745. The van der Waals surface area contributed by atoms with Crippen molar-refractivity contribution in [3.05, 3.63) is 58.9 Å². The average Bonchev–Trinajstić information content (AvgIpc) is 2.93. The van der Waals surface area contributed by atoms with Crippen molar-refractivity contribution in [2.45, 2.75) is 6.42 Å². The zero-order valence-corrected chi connectivity index (χ0v) is 10.7. The number of hydrazine groups is 1. The zero-order valence-electron chi connectivity index (χ0n) is 9.94. The lowest BCUT2D eigenvalue weighted by Crippen LogP contribution is -2.42. The number of halogens is 1. The van der Waals surface area contributed by atoms with E-state index in [1.165, 1.54) is 0 Å². The van der Waals surface area contributed by atoms with Gasteiger partial charge in [0.2, 0.25) is 5.91 Å². The Labute approximate surface area is 114 Å². The molecule has 0 atom stereocenters. The Morgan fingerprint density at radius 2 is 1.89 bits per heavy atom. The Hall–Kier alpha value is -2.27. The van der Waals surface area contributed by atoms with E-state index in [2.05, 4.69) is 15.8 Å². The lowest BCUT2D eigenvalue weighted by atomic mass is 10.1. The molecule has 0 aliphatic rings. The molecule has 5 nitrogen and oxygen atoms in total. The largest absolute Gasteiger partial charge is 0.357 e. The van der Waals surface area contributed by atoms with E-state index in [1.54, 1.807) is 42.6 Å². The van der Waals surface area contributed by atoms with Crippen molar-refractivity contribution in [1.82, 2.24) is 15.8 Å². The topological polar surface area (TPSA) is 74.0 Å². The van der Waals surface area contributed by atoms with Crippen LogP contribution in [0.1, 0.15) is 16.1 Å². The van der Waals surface area contributed by atoms with Crippen LogP contribution in [0.15, 0.2) is 42.6 Å². The van der Waals surface area contributed by atoms with Crippen LogP contribution in [-0.2, 0) is 11.2 Å². The molecule has 2 rings (SSSR count). The number of rotatable bonds is 3. The van der Waals surface area contributed by atoms with Crippen molar-refractivity contribution >= 4 is 23.4 Å². The highest BCUT2D eigenvalue weighted by Gasteiger charge is 2.09. The van der Waals surface area contributed by atoms with Gasteiger partial charge in [-0.2, -0.15) is 0 Å². The minimum atomic E-state index is -0.405. The van der Waals surface area contributed by atoms with Gasteiger partial charge >= 0.3 is 0 Å². The summed E-state index contributed by atoms with van der Waals surface area (Å²) in [6.07, 6.45) is 1.73. The molecule has 0 aliphatic heterocycles. The number of amides is 2. The third kappa shape index (κ3) is 3.59. The number of hydrogen-bond donors (Lipinski definition) is 3. The molecule has 1 aromatic heterocycles. The summed E-state index contributed by atoms with van der Waals surface area (Å²) < 4.78 is 0. The van der Waals surface area contributed by atoms with Crippen LogP contribution >= 0.6 is 11.6 Å². The molecule has 0 saturated heterocycles. The Kier molecular flexibility index (Phi) is 4.20. The Bertz CT molecular complexity index is 581. The zero-order chi connectivity index (χ0) is 13.7. The van der Waals surface area contributed by atoms with Crippen molar-refractivity contribution in [2.75, 3.05) is 0 Å². The molecule has 0 unspecified atom stereocenters. The lowest BCUT2D eigenvalue weighted by Gasteiger charge is -2.07. The molecule has 0 spiro atoms. The summed E-state index contributed by atoms with van der Waals surface area (Å²) in [6, 6.07) is 10.4. The predicted octanol–water partition coefficient (Wildman–Crippen LogP) is 1.67. The molecular weight excluding hydrogens is 266 g/mol. The Morgan fingerprint density at radius 1 is 1.11 bits per heavy atom. The third-order valence-electron chi connectivity index (χ3n) is 2.47. The minimum absolute atomic E-state index is 0.102. The monoisotopic (exact) mass is 277 g/mol. The van der Waals surface area contributed by atoms with Gasteiger partial charge in [-0.15, -0.1) is 0 Å². The minimum Gasteiger partial charge on any atom is -0.357 e. The van der Waals surface area contributed by atoms with Gasteiger partial charge in [0.05, 0.1) is 6.42 Å². The summed E-state index contributed by atoms with van der Waals surface area (Å²) in [5, 5.41) is 0.522. The van der Waals surface area contributed by atoms with Crippen LogP contribution in [0.3, 0.4) is 0 Å². The molecule has 19 heavy (non-hydrogen) atoms. The van der Waals surface area contributed by atoms with Gasteiger partial charge in [0.1, 0.15) is 5.69 Å². The van der Waals surface area contributed by atoms with E-state index in [0.717, 1.165) is 0 Å². The second kappa shape index (κ2) is 6.06. The van der Waals surface area contributed by atoms with Gasteiger partial charge in [0.15, 0.2) is 0 Å². The van der Waals surface area contributed by atoms with Gasteiger partial charge < -0.3 is 4.98 Å². The standard InChI is InChI=1S/C13H12ClN3O2/c14-10-5-2-1-4-9(10)8-12(18)16-17-13(19)11-6-3-7-15-11/h1-7,15H,8H2,(H,16,18)(H,17,19). The number of carbonyl (C=O) groups is 2. The summed E-state index contributed by atoms with van der Waals surface area (Å²) in [5.41, 5.74) is 5.72. The molecule has 1 aromatic carbocycles. The average molecular weight is 278 g/mol. The highest BCUT2D eigenvalue weighted by Crippen LogP contribution is 2.14. The quantitative estimate of drug-likeness (QED) is 0.747. The third-order valence-corrected chi connectivity index (χ3v) is 2.84. The van der Waals surface area contributed by atoms with Crippen molar-refractivity contribution in [1.29, 1.82) is 0 Å². The Morgan fingerprint density at radius 3 is 2.58 bits per heavy atom. The van der Waals surface area contributed by atoms with Gasteiger partial charge in [-0.1, -0.05) is 29.8 Å². The fraction of sp³-hybridized carbons (Fsp3) is 0.0769. The van der Waals surface area contributed by atoms with E-state index in [0.29, 0.717) is 16.3 Å². The molecule has 3 N–H and O–H groups in total. The van der Waals surface area contributed by atoms with Crippen LogP contribution in [-0.4, -0.2) is 16.8 Å². The Balaban J connectivity index is 1.86. The van der Waals surface area contributed by atoms with Gasteiger partial charge in [0, 0.05) is 11.2 Å². The first kappa shape index (κ1) is 13.2. The maximum atomic E-state index is 11.6. The number of hydrogen-bond acceptors (Lipinski definition) is 2. The number of aromatic amines is 1. The van der Waals surface area contributed by atoms with Crippen LogP contribution in [0.25, 0.3) is 0 Å². The van der Waals surface area contributed by atoms with Gasteiger partial charge in [-0.25, -0.2) is 0 Å². The highest BCUT2D eigenvalue weighted by molar-refractivity contribution is 6.31. The number of carbonyl (C=O) groups excluding carboxylic acids is 2. The summed E-state index contributed by atoms with van der Waals surface area (Å²) in [4.78, 5) is 25.9. The number of H-pyrrole nitrogens is 1. The van der Waals surface area contributed by atoms with E-state index in [9.17, 15) is 9.59 Å². The van der Waals surface area contributed by atoms with E-state index in [-0.39, 0.29) is 12.3 Å². The number of benzene rings is 1. The van der Waals surface area contributed by atoms with Crippen LogP contribution in [0.2, 0.25) is 5.02 Å². The number of aromatic nitrogens is 1. The van der Waals surface area contributed by atoms with Gasteiger partial charge in [-0.3, -0.25) is 20.4 Å². The van der Waals surface area contributed by atoms with E-state index in [4.69, 9.17) is 11.6 Å².